The van der Waals surface area contributed by atoms with E-state index in [1.165, 1.54) is 12.1 Å². The maximum absolute atomic E-state index is 13.4. The number of nitrogens with two attached hydrogens (primary N) is 1. The van der Waals surface area contributed by atoms with Crippen LogP contribution in [0.15, 0.2) is 24.3 Å². The molecule has 7 heteroatoms. The molecule has 1 aliphatic heterocycles. The van der Waals surface area contributed by atoms with Crippen molar-refractivity contribution in [2.75, 3.05) is 6.54 Å². The van der Waals surface area contributed by atoms with Crippen LogP contribution in [0.2, 0.25) is 0 Å². The van der Waals surface area contributed by atoms with Gasteiger partial charge < -0.3 is 10.6 Å². The Morgan fingerprint density at radius 1 is 1.38 bits per heavy atom. The van der Waals surface area contributed by atoms with E-state index in [9.17, 15) is 14.0 Å². The summed E-state index contributed by atoms with van der Waals surface area (Å²) in [4.78, 5) is 24.2. The van der Waals surface area contributed by atoms with E-state index in [0.717, 1.165) is 6.41 Å². The number of carbonyl (C=O) groups is 2. The first kappa shape index (κ1) is 13.3. The summed E-state index contributed by atoms with van der Waals surface area (Å²) in [7, 11) is 0. The first-order valence-corrected chi connectivity index (χ1v) is 6.45. The fourth-order valence-electron chi connectivity index (χ4n) is 2.52. The number of fused-ring (bicyclic) bond motifs is 1. The topological polar surface area (TPSA) is 81.2 Å². The van der Waals surface area contributed by atoms with E-state index in [4.69, 9.17) is 5.73 Å². The van der Waals surface area contributed by atoms with E-state index < -0.39 is 11.7 Å². The zero-order valence-electron chi connectivity index (χ0n) is 11.1. The van der Waals surface area contributed by atoms with Crippen LogP contribution >= 0.6 is 0 Å². The van der Waals surface area contributed by atoms with Crippen molar-refractivity contribution >= 4 is 12.3 Å². The van der Waals surface area contributed by atoms with Crippen molar-refractivity contribution in [1.82, 2.24) is 14.7 Å². The molecule has 0 aliphatic carbocycles. The van der Waals surface area contributed by atoms with Crippen molar-refractivity contribution < 1.29 is 14.0 Å². The molecule has 1 aliphatic rings. The molecule has 1 aromatic heterocycles. The Morgan fingerprint density at radius 3 is 2.86 bits per heavy atom. The first-order valence-electron chi connectivity index (χ1n) is 6.45. The third kappa shape index (κ3) is 2.26. The minimum Gasteiger partial charge on any atom is -0.365 e. The molecule has 6 nitrogen and oxygen atoms in total. The molecule has 3 rings (SSSR count). The lowest BCUT2D eigenvalue weighted by Gasteiger charge is -2.24. The fraction of sp³-hybridized carbons (Fsp3) is 0.214. The Balaban J connectivity index is 2.16. The molecule has 0 radical (unpaired) electrons. The van der Waals surface area contributed by atoms with Gasteiger partial charge >= 0.3 is 0 Å². The molecule has 0 bridgehead atoms. The van der Waals surface area contributed by atoms with E-state index in [1.807, 2.05) is 0 Å². The molecule has 0 saturated heterocycles. The summed E-state index contributed by atoms with van der Waals surface area (Å²) >= 11 is 0. The standard InChI is InChI=1S/C14H13FN4O2/c15-10-3-1-2-9(6-10)13-12(14(16)21)11-7-18(8-20)4-5-19(11)17-13/h1-3,6,8H,4-5,7H2,(H2,16,21). The monoisotopic (exact) mass is 288 g/mol. The molecular weight excluding hydrogens is 275 g/mol. The van der Waals surface area contributed by atoms with Crippen molar-refractivity contribution in [3.05, 3.63) is 41.3 Å². The maximum Gasteiger partial charge on any atom is 0.252 e. The Morgan fingerprint density at radius 2 is 2.19 bits per heavy atom. The summed E-state index contributed by atoms with van der Waals surface area (Å²) in [5.74, 6) is -1.05. The van der Waals surface area contributed by atoms with E-state index >= 15 is 0 Å². The molecule has 0 spiro atoms. The summed E-state index contributed by atoms with van der Waals surface area (Å²) in [6.07, 6.45) is 0.725. The minimum absolute atomic E-state index is 0.243. The number of aromatic nitrogens is 2. The van der Waals surface area contributed by atoms with Crippen LogP contribution < -0.4 is 5.73 Å². The van der Waals surface area contributed by atoms with Crippen LogP contribution in [0.5, 0.6) is 0 Å². The molecule has 0 atom stereocenters. The summed E-state index contributed by atoms with van der Waals surface area (Å²) < 4.78 is 15.0. The predicted octanol–water partition coefficient (Wildman–Crippen LogP) is 0.760. The minimum atomic E-state index is -0.636. The Bertz CT molecular complexity index is 726. The summed E-state index contributed by atoms with van der Waals surface area (Å²) in [6, 6.07) is 5.84. The Labute approximate surface area is 120 Å². The fourth-order valence-corrected chi connectivity index (χ4v) is 2.52. The van der Waals surface area contributed by atoms with Crippen LogP contribution in [0.1, 0.15) is 16.1 Å². The second-order valence-corrected chi connectivity index (χ2v) is 4.84. The van der Waals surface area contributed by atoms with Crippen molar-refractivity contribution in [1.29, 1.82) is 0 Å². The van der Waals surface area contributed by atoms with Gasteiger partial charge in [-0.3, -0.25) is 14.3 Å². The zero-order valence-corrected chi connectivity index (χ0v) is 11.1. The van der Waals surface area contributed by atoms with Gasteiger partial charge in [-0.15, -0.1) is 0 Å². The molecule has 2 N–H and O–H groups in total. The van der Waals surface area contributed by atoms with Crippen molar-refractivity contribution in [2.45, 2.75) is 13.1 Å². The number of halogens is 1. The number of amides is 2. The highest BCUT2D eigenvalue weighted by Gasteiger charge is 2.27. The maximum atomic E-state index is 13.4. The van der Waals surface area contributed by atoms with Gasteiger partial charge in [0, 0.05) is 12.1 Å². The lowest BCUT2D eigenvalue weighted by molar-refractivity contribution is -0.119. The molecule has 0 unspecified atom stereocenters. The molecule has 0 saturated carbocycles. The number of benzene rings is 1. The third-order valence-electron chi connectivity index (χ3n) is 3.50. The van der Waals surface area contributed by atoms with Crippen LogP contribution in [-0.2, 0) is 17.9 Å². The number of nitrogens with zero attached hydrogens (tertiary/aromatic N) is 3. The predicted molar refractivity (Wildman–Crippen MR) is 72.6 cm³/mol. The molecule has 2 aromatic rings. The molecule has 0 fully saturated rings. The molecular formula is C14H13FN4O2. The van der Waals surface area contributed by atoms with Gasteiger partial charge in [-0.2, -0.15) is 5.10 Å². The lowest BCUT2D eigenvalue weighted by atomic mass is 10.0. The quantitative estimate of drug-likeness (QED) is 0.847. The first-order chi connectivity index (χ1) is 10.1. The van der Waals surface area contributed by atoms with Crippen LogP contribution in [0, 0.1) is 5.82 Å². The molecule has 2 amide bonds. The van der Waals surface area contributed by atoms with Gasteiger partial charge in [-0.25, -0.2) is 4.39 Å². The van der Waals surface area contributed by atoms with Gasteiger partial charge in [0.25, 0.3) is 5.91 Å². The number of hydrogen-bond acceptors (Lipinski definition) is 3. The van der Waals surface area contributed by atoms with Gasteiger partial charge in [0.05, 0.1) is 24.3 Å². The van der Waals surface area contributed by atoms with Crippen molar-refractivity contribution in [2.24, 2.45) is 5.73 Å². The summed E-state index contributed by atoms with van der Waals surface area (Å²) in [6.45, 7) is 1.26. The third-order valence-corrected chi connectivity index (χ3v) is 3.50. The van der Waals surface area contributed by atoms with Crippen molar-refractivity contribution in [3.63, 3.8) is 0 Å². The number of rotatable bonds is 3. The largest absolute Gasteiger partial charge is 0.365 e. The average molecular weight is 288 g/mol. The van der Waals surface area contributed by atoms with Crippen LogP contribution in [-0.4, -0.2) is 33.5 Å². The molecule has 2 heterocycles. The number of primary amides is 1. The van der Waals surface area contributed by atoms with Crippen molar-refractivity contribution in [3.8, 4) is 11.3 Å². The van der Waals surface area contributed by atoms with E-state index in [0.29, 0.717) is 30.0 Å². The summed E-state index contributed by atoms with van der Waals surface area (Å²) in [5.41, 5.74) is 7.12. The van der Waals surface area contributed by atoms with Crippen LogP contribution in [0.4, 0.5) is 4.39 Å². The second-order valence-electron chi connectivity index (χ2n) is 4.84. The lowest BCUT2D eigenvalue weighted by Crippen LogP contribution is -2.34. The second kappa shape index (κ2) is 5.01. The molecule has 1 aromatic carbocycles. The van der Waals surface area contributed by atoms with Crippen LogP contribution in [0.3, 0.4) is 0 Å². The van der Waals surface area contributed by atoms with E-state index in [1.54, 1.807) is 21.7 Å². The van der Waals surface area contributed by atoms with Gasteiger partial charge in [-0.05, 0) is 12.1 Å². The average Bonchev–Trinajstić information content (AvgIpc) is 2.85. The molecule has 108 valence electrons. The highest BCUT2D eigenvalue weighted by molar-refractivity contribution is 6.00. The highest BCUT2D eigenvalue weighted by Crippen LogP contribution is 2.28. The Kier molecular flexibility index (Phi) is 3.17. The zero-order chi connectivity index (χ0) is 15.0. The SMILES string of the molecule is NC(=O)c1c(-c2cccc(F)c2)nn2c1CN(C=O)CC2. The van der Waals surface area contributed by atoms with E-state index in [2.05, 4.69) is 5.10 Å². The van der Waals surface area contributed by atoms with Crippen LogP contribution in [0.25, 0.3) is 11.3 Å². The van der Waals surface area contributed by atoms with Gasteiger partial charge in [0.15, 0.2) is 0 Å². The number of carbonyl (C=O) groups excluding carboxylic acids is 2. The Hall–Kier alpha value is -2.70. The normalized spacial score (nSPS) is 13.9. The van der Waals surface area contributed by atoms with E-state index in [-0.39, 0.29) is 12.1 Å². The summed E-state index contributed by atoms with van der Waals surface area (Å²) in [5, 5.41) is 4.36. The number of hydrogen-bond donors (Lipinski definition) is 1. The molecule has 21 heavy (non-hydrogen) atoms. The highest BCUT2D eigenvalue weighted by atomic mass is 19.1. The van der Waals surface area contributed by atoms with Gasteiger partial charge in [0.1, 0.15) is 11.5 Å². The van der Waals surface area contributed by atoms with Gasteiger partial charge in [0.2, 0.25) is 6.41 Å². The smallest absolute Gasteiger partial charge is 0.252 e. The van der Waals surface area contributed by atoms with Gasteiger partial charge in [-0.1, -0.05) is 12.1 Å².